The number of aromatic nitrogens is 2. The highest BCUT2D eigenvalue weighted by molar-refractivity contribution is 7.99. The average Bonchev–Trinajstić information content (AvgIpc) is 3.20. The fraction of sp³-hybridized carbons (Fsp3) is 0.190. The maximum absolute atomic E-state index is 12.4. The van der Waals surface area contributed by atoms with E-state index in [-0.39, 0.29) is 17.6 Å². The lowest BCUT2D eigenvalue weighted by Gasteiger charge is -2.13. The molecule has 8 nitrogen and oxygen atoms in total. The number of methoxy groups -OCH3 is 2. The molecule has 0 spiro atoms. The first-order valence-electron chi connectivity index (χ1n) is 9.06. The number of anilines is 2. The number of nitrogens with zero attached hydrogens (tertiary/aromatic N) is 2. The van der Waals surface area contributed by atoms with E-state index >= 15 is 0 Å². The van der Waals surface area contributed by atoms with Crippen LogP contribution in [0.2, 0.25) is 0 Å². The Balaban J connectivity index is 1.67. The molecule has 2 N–H and O–H groups in total. The second-order valence-electron chi connectivity index (χ2n) is 6.22. The number of amides is 2. The van der Waals surface area contributed by atoms with Crippen molar-refractivity contribution in [3.63, 3.8) is 0 Å². The Morgan fingerprint density at radius 2 is 1.83 bits per heavy atom. The van der Waals surface area contributed by atoms with Gasteiger partial charge in [0.25, 0.3) is 0 Å². The van der Waals surface area contributed by atoms with Crippen LogP contribution in [0.3, 0.4) is 0 Å². The number of thioether (sulfide) groups is 1. The Bertz CT molecular complexity index is 1050. The van der Waals surface area contributed by atoms with Crippen LogP contribution in [0.5, 0.6) is 11.5 Å². The molecular formula is C21H22N4O4S. The van der Waals surface area contributed by atoms with E-state index in [1.165, 1.54) is 18.7 Å². The second kappa shape index (κ2) is 9.84. The van der Waals surface area contributed by atoms with E-state index in [9.17, 15) is 9.59 Å². The van der Waals surface area contributed by atoms with Gasteiger partial charge in [-0.25, -0.2) is 4.98 Å². The van der Waals surface area contributed by atoms with Gasteiger partial charge in [0.2, 0.25) is 11.8 Å². The summed E-state index contributed by atoms with van der Waals surface area (Å²) in [5.41, 5.74) is 2.02. The van der Waals surface area contributed by atoms with E-state index in [1.54, 1.807) is 50.7 Å². The lowest BCUT2D eigenvalue weighted by molar-refractivity contribution is -0.114. The van der Waals surface area contributed by atoms with Gasteiger partial charge < -0.3 is 20.1 Å². The molecule has 1 aromatic heterocycles. The van der Waals surface area contributed by atoms with Crippen molar-refractivity contribution in [2.75, 3.05) is 30.6 Å². The summed E-state index contributed by atoms with van der Waals surface area (Å²) in [6, 6.07) is 12.5. The molecule has 30 heavy (non-hydrogen) atoms. The molecule has 0 atom stereocenters. The van der Waals surface area contributed by atoms with E-state index in [4.69, 9.17) is 9.47 Å². The maximum atomic E-state index is 12.4. The Morgan fingerprint density at radius 3 is 2.53 bits per heavy atom. The van der Waals surface area contributed by atoms with Gasteiger partial charge in [0.15, 0.2) is 5.16 Å². The second-order valence-corrected chi connectivity index (χ2v) is 7.16. The van der Waals surface area contributed by atoms with E-state index in [1.807, 2.05) is 22.9 Å². The molecule has 156 valence electrons. The zero-order chi connectivity index (χ0) is 21.5. The van der Waals surface area contributed by atoms with Crippen molar-refractivity contribution in [3.05, 3.63) is 54.9 Å². The van der Waals surface area contributed by atoms with Gasteiger partial charge in [0.05, 0.1) is 25.7 Å². The minimum atomic E-state index is -0.184. The van der Waals surface area contributed by atoms with Crippen LogP contribution in [-0.4, -0.2) is 41.3 Å². The summed E-state index contributed by atoms with van der Waals surface area (Å²) in [5, 5.41) is 6.17. The van der Waals surface area contributed by atoms with Crippen molar-refractivity contribution < 1.29 is 19.1 Å². The lowest BCUT2D eigenvalue weighted by atomic mass is 10.2. The van der Waals surface area contributed by atoms with Crippen molar-refractivity contribution in [3.8, 4) is 17.2 Å². The molecule has 0 radical (unpaired) electrons. The number of carbonyl (C=O) groups is 2. The number of ether oxygens (including phenoxy) is 2. The van der Waals surface area contributed by atoms with E-state index < -0.39 is 0 Å². The molecule has 0 aliphatic heterocycles. The summed E-state index contributed by atoms with van der Waals surface area (Å²) in [7, 11) is 3.18. The third-order valence-electron chi connectivity index (χ3n) is 4.05. The highest BCUT2D eigenvalue weighted by Crippen LogP contribution is 2.31. The van der Waals surface area contributed by atoms with Crippen LogP contribution in [-0.2, 0) is 9.59 Å². The molecule has 9 heteroatoms. The first-order chi connectivity index (χ1) is 14.5. The molecule has 1 heterocycles. The van der Waals surface area contributed by atoms with Crippen LogP contribution in [0, 0.1) is 0 Å². The van der Waals surface area contributed by atoms with Gasteiger partial charge in [-0.15, -0.1) is 0 Å². The normalized spacial score (nSPS) is 10.4. The zero-order valence-corrected chi connectivity index (χ0v) is 17.7. The van der Waals surface area contributed by atoms with Crippen LogP contribution < -0.4 is 20.1 Å². The fourth-order valence-corrected chi connectivity index (χ4v) is 3.54. The summed E-state index contributed by atoms with van der Waals surface area (Å²) in [4.78, 5) is 27.9. The Morgan fingerprint density at radius 1 is 1.07 bits per heavy atom. The quantitative estimate of drug-likeness (QED) is 0.535. The van der Waals surface area contributed by atoms with Crippen LogP contribution in [0.1, 0.15) is 6.92 Å². The van der Waals surface area contributed by atoms with Crippen molar-refractivity contribution >= 4 is 35.0 Å². The first-order valence-corrected chi connectivity index (χ1v) is 10.0. The number of hydrogen-bond donors (Lipinski definition) is 2. The number of rotatable bonds is 8. The highest BCUT2D eigenvalue weighted by atomic mass is 32.2. The molecule has 3 aromatic rings. The number of carbonyl (C=O) groups excluding carboxylic acids is 2. The average molecular weight is 426 g/mol. The molecule has 0 bridgehead atoms. The molecule has 0 saturated carbocycles. The maximum Gasteiger partial charge on any atom is 0.234 e. The Hall–Kier alpha value is -3.46. The van der Waals surface area contributed by atoms with Gasteiger partial charge in [-0.05, 0) is 30.3 Å². The molecule has 0 fully saturated rings. The van der Waals surface area contributed by atoms with Gasteiger partial charge in [0, 0.05) is 36.8 Å². The smallest absolute Gasteiger partial charge is 0.234 e. The van der Waals surface area contributed by atoms with Gasteiger partial charge in [-0.2, -0.15) is 0 Å². The van der Waals surface area contributed by atoms with Crippen LogP contribution in [0.4, 0.5) is 11.4 Å². The third kappa shape index (κ3) is 5.32. The van der Waals surface area contributed by atoms with Gasteiger partial charge in [-0.1, -0.05) is 17.8 Å². The predicted octanol–water partition coefficient (Wildman–Crippen LogP) is 3.58. The standard InChI is InChI=1S/C21H22N4O4S/c1-14(26)23-15-5-4-6-16(11-15)24-20(27)13-30-21-22-9-10-25(21)18-8-7-17(28-2)12-19(18)29-3/h4-12H,13H2,1-3H3,(H,23,26)(H,24,27). The summed E-state index contributed by atoms with van der Waals surface area (Å²) in [5.74, 6) is 1.13. The van der Waals surface area contributed by atoms with Crippen molar-refractivity contribution in [2.24, 2.45) is 0 Å². The topological polar surface area (TPSA) is 94.5 Å². The van der Waals surface area contributed by atoms with Crippen molar-refractivity contribution in [1.82, 2.24) is 9.55 Å². The molecule has 0 aliphatic carbocycles. The van der Waals surface area contributed by atoms with Crippen LogP contribution >= 0.6 is 11.8 Å². The number of imidazole rings is 1. The summed E-state index contributed by atoms with van der Waals surface area (Å²) in [6.45, 7) is 1.43. The summed E-state index contributed by atoms with van der Waals surface area (Å²) < 4.78 is 12.6. The lowest BCUT2D eigenvalue weighted by Crippen LogP contribution is -2.15. The molecular weight excluding hydrogens is 404 g/mol. The Kier molecular flexibility index (Phi) is 6.97. The van der Waals surface area contributed by atoms with E-state index in [0.717, 1.165) is 5.69 Å². The van der Waals surface area contributed by atoms with E-state index in [2.05, 4.69) is 15.6 Å². The number of hydrogen-bond acceptors (Lipinski definition) is 6. The van der Waals surface area contributed by atoms with Gasteiger partial charge in [0.1, 0.15) is 11.5 Å². The highest BCUT2D eigenvalue weighted by Gasteiger charge is 2.13. The first kappa shape index (κ1) is 21.3. The molecule has 2 amide bonds. The number of nitrogens with one attached hydrogen (secondary N) is 2. The Labute approximate surface area is 178 Å². The SMILES string of the molecule is COc1ccc(-n2ccnc2SCC(=O)Nc2cccc(NC(C)=O)c2)c(OC)c1. The van der Waals surface area contributed by atoms with Crippen molar-refractivity contribution in [2.45, 2.75) is 12.1 Å². The van der Waals surface area contributed by atoms with Crippen LogP contribution in [0.25, 0.3) is 5.69 Å². The predicted molar refractivity (Wildman–Crippen MR) is 117 cm³/mol. The van der Waals surface area contributed by atoms with E-state index in [0.29, 0.717) is 28.0 Å². The molecule has 2 aromatic carbocycles. The number of benzene rings is 2. The third-order valence-corrected chi connectivity index (χ3v) is 5.02. The molecule has 0 unspecified atom stereocenters. The minimum absolute atomic E-state index is 0.167. The van der Waals surface area contributed by atoms with Gasteiger partial charge >= 0.3 is 0 Å². The van der Waals surface area contributed by atoms with Crippen molar-refractivity contribution in [1.29, 1.82) is 0 Å². The molecule has 3 rings (SSSR count). The minimum Gasteiger partial charge on any atom is -0.497 e. The summed E-state index contributed by atoms with van der Waals surface area (Å²) in [6.07, 6.45) is 3.47. The molecule has 0 aliphatic rings. The monoisotopic (exact) mass is 426 g/mol. The zero-order valence-electron chi connectivity index (χ0n) is 16.8. The summed E-state index contributed by atoms with van der Waals surface area (Å²) >= 11 is 1.30. The fourth-order valence-electron chi connectivity index (χ4n) is 2.77. The van der Waals surface area contributed by atoms with Crippen LogP contribution in [0.15, 0.2) is 60.0 Å². The largest absolute Gasteiger partial charge is 0.497 e. The van der Waals surface area contributed by atoms with Gasteiger partial charge in [-0.3, -0.25) is 14.2 Å². The molecule has 0 saturated heterocycles.